The highest BCUT2D eigenvalue weighted by Gasteiger charge is 2.21. The predicted octanol–water partition coefficient (Wildman–Crippen LogP) is 3.81. The largest absolute Gasteiger partial charge is 0.491 e. The molecule has 31 heavy (non-hydrogen) atoms. The summed E-state index contributed by atoms with van der Waals surface area (Å²) in [6, 6.07) is 14.9. The first-order chi connectivity index (χ1) is 14.2. The average molecular weight is 475 g/mol. The Kier molecular flexibility index (Phi) is 12.8. The molecular formula is C23H33Cl2FN2O3. The van der Waals surface area contributed by atoms with Crippen molar-refractivity contribution in [3.63, 3.8) is 0 Å². The molecule has 1 aliphatic rings. The van der Waals surface area contributed by atoms with Crippen molar-refractivity contribution >= 4 is 30.5 Å². The van der Waals surface area contributed by atoms with Crippen molar-refractivity contribution < 1.29 is 19.0 Å². The van der Waals surface area contributed by atoms with Crippen LogP contribution in [0.25, 0.3) is 0 Å². The van der Waals surface area contributed by atoms with Gasteiger partial charge in [0.05, 0.1) is 25.0 Å². The van der Waals surface area contributed by atoms with E-state index in [1.807, 2.05) is 24.3 Å². The van der Waals surface area contributed by atoms with E-state index in [4.69, 9.17) is 9.47 Å². The van der Waals surface area contributed by atoms with Gasteiger partial charge in [0.25, 0.3) is 0 Å². The third-order valence-electron chi connectivity index (χ3n) is 5.17. The maximum Gasteiger partial charge on any atom is 0.146 e. The number of hydrogen-bond acceptors (Lipinski definition) is 5. The average Bonchev–Trinajstić information content (AvgIpc) is 2.75. The van der Waals surface area contributed by atoms with Gasteiger partial charge in [0, 0.05) is 32.7 Å². The number of aliphatic hydroxyl groups excluding tert-OH is 1. The number of rotatable bonds is 10. The van der Waals surface area contributed by atoms with Gasteiger partial charge >= 0.3 is 0 Å². The molecule has 0 radical (unpaired) electrons. The summed E-state index contributed by atoms with van der Waals surface area (Å²) in [4.78, 5) is 4.25. The van der Waals surface area contributed by atoms with E-state index in [1.54, 1.807) is 6.07 Å². The molecule has 0 spiro atoms. The summed E-state index contributed by atoms with van der Waals surface area (Å²) < 4.78 is 25.1. The fraction of sp³-hybridized carbons (Fsp3) is 0.478. The first-order valence-electron chi connectivity index (χ1n) is 10.3. The molecule has 1 heterocycles. The van der Waals surface area contributed by atoms with E-state index in [9.17, 15) is 9.50 Å². The summed E-state index contributed by atoms with van der Waals surface area (Å²) >= 11 is 0. The molecule has 3 rings (SSSR count). The van der Waals surface area contributed by atoms with Crippen LogP contribution in [-0.2, 0) is 11.2 Å². The van der Waals surface area contributed by atoms with Crippen LogP contribution in [0, 0.1) is 5.82 Å². The van der Waals surface area contributed by atoms with Gasteiger partial charge in [-0.15, -0.1) is 24.8 Å². The van der Waals surface area contributed by atoms with Crippen molar-refractivity contribution in [1.29, 1.82) is 0 Å². The zero-order valence-electron chi connectivity index (χ0n) is 17.9. The lowest BCUT2D eigenvalue weighted by molar-refractivity contribution is 0.00716. The van der Waals surface area contributed by atoms with Gasteiger partial charge in [0.2, 0.25) is 0 Å². The van der Waals surface area contributed by atoms with Gasteiger partial charge in [-0.1, -0.05) is 31.2 Å². The number of halogens is 3. The monoisotopic (exact) mass is 474 g/mol. The number of ether oxygens (including phenoxy) is 2. The van der Waals surface area contributed by atoms with Crippen molar-refractivity contribution in [3.05, 3.63) is 59.9 Å². The normalized spacial score (nSPS) is 15.0. The Balaban J connectivity index is 0.00000240. The van der Waals surface area contributed by atoms with E-state index in [-0.39, 0.29) is 37.2 Å². The highest BCUT2D eigenvalue weighted by atomic mass is 35.5. The van der Waals surface area contributed by atoms with Gasteiger partial charge in [0.1, 0.15) is 18.2 Å². The number of β-amino-alcohol motifs (C(OH)–C–C–N with tert-alkyl or cyclic N) is 1. The molecule has 1 fully saturated rings. The van der Waals surface area contributed by atoms with Crippen LogP contribution >= 0.6 is 24.8 Å². The molecule has 5 nitrogen and oxygen atoms in total. The number of nitrogens with zero attached hydrogens (tertiary/aromatic N) is 2. The molecule has 1 aliphatic heterocycles. The molecule has 1 saturated heterocycles. The molecule has 174 valence electrons. The van der Waals surface area contributed by atoms with Crippen LogP contribution in [0.5, 0.6) is 5.75 Å². The summed E-state index contributed by atoms with van der Waals surface area (Å²) in [7, 11) is 0. The molecule has 0 saturated carbocycles. The minimum atomic E-state index is -0.543. The van der Waals surface area contributed by atoms with Crippen LogP contribution in [0.1, 0.15) is 12.5 Å². The van der Waals surface area contributed by atoms with E-state index in [1.165, 1.54) is 11.6 Å². The number of piperazine rings is 1. The lowest BCUT2D eigenvalue weighted by atomic mass is 10.2. The van der Waals surface area contributed by atoms with Gasteiger partial charge < -0.3 is 19.5 Å². The molecule has 0 amide bonds. The van der Waals surface area contributed by atoms with Gasteiger partial charge in [-0.25, -0.2) is 4.39 Å². The number of hydrogen-bond donors (Lipinski definition) is 1. The Bertz CT molecular complexity index is 744. The molecule has 0 bridgehead atoms. The SMILES string of the molecule is CCc1ccc(OCCOCC(O)CN2CCN(c3ccccc3F)CC2)cc1.Cl.Cl. The molecule has 1 N–H and O–H groups in total. The highest BCUT2D eigenvalue weighted by Crippen LogP contribution is 2.20. The molecular weight excluding hydrogens is 442 g/mol. The lowest BCUT2D eigenvalue weighted by Crippen LogP contribution is -2.49. The van der Waals surface area contributed by atoms with Crippen molar-refractivity contribution in [1.82, 2.24) is 4.90 Å². The number of aryl methyl sites for hydroxylation is 1. The number of aliphatic hydroxyl groups is 1. The van der Waals surface area contributed by atoms with E-state index in [0.717, 1.165) is 38.3 Å². The van der Waals surface area contributed by atoms with E-state index < -0.39 is 6.10 Å². The minimum Gasteiger partial charge on any atom is -0.491 e. The Labute approximate surface area is 197 Å². The van der Waals surface area contributed by atoms with E-state index in [0.29, 0.717) is 25.4 Å². The topological polar surface area (TPSA) is 45.2 Å². The third kappa shape index (κ3) is 8.83. The summed E-state index contributed by atoms with van der Waals surface area (Å²) in [5.41, 5.74) is 1.94. The predicted molar refractivity (Wildman–Crippen MR) is 128 cm³/mol. The third-order valence-corrected chi connectivity index (χ3v) is 5.17. The van der Waals surface area contributed by atoms with Crippen LogP contribution in [0.15, 0.2) is 48.5 Å². The Morgan fingerprint density at radius 2 is 1.65 bits per heavy atom. The standard InChI is InChI=1S/C23H31FN2O3.2ClH/c1-2-19-7-9-21(10-8-19)29-16-15-28-18-20(27)17-25-11-13-26(14-12-25)23-6-4-3-5-22(23)24;;/h3-10,20,27H,2,11-18H2,1H3;2*1H. The van der Waals surface area contributed by atoms with Crippen LogP contribution < -0.4 is 9.64 Å². The summed E-state index contributed by atoms with van der Waals surface area (Å²) in [5, 5.41) is 10.2. The smallest absolute Gasteiger partial charge is 0.146 e. The zero-order valence-corrected chi connectivity index (χ0v) is 19.5. The summed E-state index contributed by atoms with van der Waals surface area (Å²) in [6.07, 6.45) is 0.471. The Hall–Kier alpha value is -1.57. The van der Waals surface area contributed by atoms with Crippen LogP contribution in [0.4, 0.5) is 10.1 Å². The maximum atomic E-state index is 13.9. The zero-order chi connectivity index (χ0) is 20.5. The van der Waals surface area contributed by atoms with E-state index in [2.05, 4.69) is 28.9 Å². The maximum absolute atomic E-state index is 13.9. The molecule has 1 unspecified atom stereocenters. The van der Waals surface area contributed by atoms with Crippen LogP contribution in [-0.4, -0.2) is 68.7 Å². The molecule has 0 aromatic heterocycles. The fourth-order valence-electron chi connectivity index (χ4n) is 3.49. The number of anilines is 1. The van der Waals surface area contributed by atoms with Crippen LogP contribution in [0.2, 0.25) is 0 Å². The van der Waals surface area contributed by atoms with Gasteiger partial charge in [0.15, 0.2) is 0 Å². The van der Waals surface area contributed by atoms with Gasteiger partial charge in [-0.05, 0) is 36.2 Å². The first kappa shape index (κ1) is 27.5. The minimum absolute atomic E-state index is 0. The van der Waals surface area contributed by atoms with Gasteiger partial charge in [-0.2, -0.15) is 0 Å². The molecule has 2 aromatic rings. The first-order valence-corrected chi connectivity index (χ1v) is 10.3. The van der Waals surface area contributed by atoms with E-state index >= 15 is 0 Å². The van der Waals surface area contributed by atoms with Crippen molar-refractivity contribution in [2.24, 2.45) is 0 Å². The molecule has 0 aliphatic carbocycles. The van der Waals surface area contributed by atoms with Crippen molar-refractivity contribution in [2.45, 2.75) is 19.4 Å². The van der Waals surface area contributed by atoms with Crippen LogP contribution in [0.3, 0.4) is 0 Å². The second kappa shape index (κ2) is 14.5. The quantitative estimate of drug-likeness (QED) is 0.530. The molecule has 2 aromatic carbocycles. The van der Waals surface area contributed by atoms with Gasteiger partial charge in [-0.3, -0.25) is 4.90 Å². The number of benzene rings is 2. The Morgan fingerprint density at radius 1 is 0.968 bits per heavy atom. The second-order valence-corrected chi connectivity index (χ2v) is 7.31. The fourth-order valence-corrected chi connectivity index (χ4v) is 3.49. The van der Waals surface area contributed by atoms with Crippen molar-refractivity contribution in [3.8, 4) is 5.75 Å². The summed E-state index contributed by atoms with van der Waals surface area (Å²) in [5.74, 6) is 0.650. The number of para-hydroxylation sites is 1. The summed E-state index contributed by atoms with van der Waals surface area (Å²) in [6.45, 7) is 6.95. The molecule has 1 atom stereocenters. The lowest BCUT2D eigenvalue weighted by Gasteiger charge is -2.36. The Morgan fingerprint density at radius 3 is 2.29 bits per heavy atom. The molecule has 8 heteroatoms. The van der Waals surface area contributed by atoms with Crippen molar-refractivity contribution in [2.75, 3.05) is 57.4 Å². The highest BCUT2D eigenvalue weighted by molar-refractivity contribution is 5.85. The second-order valence-electron chi connectivity index (χ2n) is 7.31.